The highest BCUT2D eigenvalue weighted by Gasteiger charge is 2.44. The van der Waals surface area contributed by atoms with Gasteiger partial charge in [0.25, 0.3) is 0 Å². The smallest absolute Gasteiger partial charge is 0.232 e. The van der Waals surface area contributed by atoms with E-state index < -0.39 is 0 Å². The van der Waals surface area contributed by atoms with Crippen LogP contribution in [-0.4, -0.2) is 71.1 Å². The van der Waals surface area contributed by atoms with Crippen molar-refractivity contribution in [2.24, 2.45) is 11.8 Å². The third kappa shape index (κ3) is 3.81. The lowest BCUT2D eigenvalue weighted by molar-refractivity contribution is -0.152. The van der Waals surface area contributed by atoms with Gasteiger partial charge < -0.3 is 15.1 Å². The molecule has 7 nitrogen and oxygen atoms in total. The monoisotopic (exact) mass is 387 g/mol. The molecular weight excluding hydrogens is 358 g/mol. The number of hydrogen-bond acceptors (Lipinski definition) is 6. The van der Waals surface area contributed by atoms with Crippen LogP contribution in [0.25, 0.3) is 0 Å². The number of phenolic OH excluding ortho intramolecular Hbond substituents is 2. The lowest BCUT2D eigenvalue weighted by atomic mass is 9.97. The Labute approximate surface area is 165 Å². The molecule has 1 aromatic carbocycles. The number of piperidine rings is 1. The molecule has 2 heterocycles. The van der Waals surface area contributed by atoms with Crippen LogP contribution in [0.15, 0.2) is 18.2 Å². The number of imide groups is 1. The molecular formula is C21H29N3O4. The molecule has 2 amide bonds. The lowest BCUT2D eigenvalue weighted by Crippen LogP contribution is -2.47. The summed E-state index contributed by atoms with van der Waals surface area (Å²) >= 11 is 0. The average Bonchev–Trinajstić information content (AvgIpc) is 3.16. The number of anilines is 1. The van der Waals surface area contributed by atoms with E-state index >= 15 is 0 Å². The van der Waals surface area contributed by atoms with Crippen LogP contribution in [0.2, 0.25) is 0 Å². The summed E-state index contributed by atoms with van der Waals surface area (Å²) in [4.78, 5) is 30.7. The Hall–Kier alpha value is -2.28. The van der Waals surface area contributed by atoms with Crippen LogP contribution >= 0.6 is 0 Å². The van der Waals surface area contributed by atoms with Crippen molar-refractivity contribution in [3.63, 3.8) is 0 Å². The Morgan fingerprint density at radius 2 is 1.54 bits per heavy atom. The van der Waals surface area contributed by atoms with Gasteiger partial charge in [0.15, 0.2) is 0 Å². The van der Waals surface area contributed by atoms with Gasteiger partial charge in [-0.25, -0.2) is 0 Å². The number of rotatable bonds is 6. The van der Waals surface area contributed by atoms with E-state index in [1.54, 1.807) is 6.07 Å². The number of piperazine rings is 1. The molecule has 0 spiro atoms. The van der Waals surface area contributed by atoms with E-state index in [2.05, 4.69) is 9.80 Å². The molecule has 4 rings (SSSR count). The van der Waals surface area contributed by atoms with Crippen LogP contribution in [0.3, 0.4) is 0 Å². The molecule has 2 saturated heterocycles. The van der Waals surface area contributed by atoms with E-state index in [4.69, 9.17) is 0 Å². The number of carbonyl (C=O) groups excluding carboxylic acids is 2. The third-order valence-electron chi connectivity index (χ3n) is 6.44. The van der Waals surface area contributed by atoms with Crippen molar-refractivity contribution < 1.29 is 19.8 Å². The van der Waals surface area contributed by atoms with Crippen molar-refractivity contribution in [2.75, 3.05) is 44.2 Å². The van der Waals surface area contributed by atoms with E-state index in [-0.39, 0.29) is 35.1 Å². The van der Waals surface area contributed by atoms with Gasteiger partial charge in [0.1, 0.15) is 11.5 Å². The van der Waals surface area contributed by atoms with Gasteiger partial charge in [-0.3, -0.25) is 19.4 Å². The van der Waals surface area contributed by atoms with Gasteiger partial charge in [-0.2, -0.15) is 0 Å². The predicted octanol–water partition coefficient (Wildman–Crippen LogP) is 1.79. The molecule has 0 aromatic heterocycles. The summed E-state index contributed by atoms with van der Waals surface area (Å²) in [6.45, 7) is 4.87. The van der Waals surface area contributed by atoms with Gasteiger partial charge in [-0.15, -0.1) is 0 Å². The molecule has 152 valence electrons. The molecule has 1 aromatic rings. The van der Waals surface area contributed by atoms with Crippen molar-refractivity contribution >= 4 is 17.5 Å². The summed E-state index contributed by atoms with van der Waals surface area (Å²) in [7, 11) is 0. The zero-order chi connectivity index (χ0) is 19.7. The molecule has 1 aliphatic carbocycles. The Bertz CT molecular complexity index is 723. The molecule has 1 saturated carbocycles. The number of phenols is 2. The van der Waals surface area contributed by atoms with E-state index in [9.17, 15) is 19.8 Å². The molecule has 2 bridgehead atoms. The van der Waals surface area contributed by atoms with Crippen molar-refractivity contribution in [1.82, 2.24) is 9.80 Å². The van der Waals surface area contributed by atoms with Gasteiger partial charge in [-0.05, 0) is 50.8 Å². The minimum Gasteiger partial charge on any atom is -0.508 e. The molecule has 2 aliphatic heterocycles. The van der Waals surface area contributed by atoms with Gasteiger partial charge in [-0.1, -0.05) is 0 Å². The van der Waals surface area contributed by atoms with Crippen LogP contribution in [0.1, 0.15) is 32.1 Å². The SMILES string of the molecule is O=C1C2CCC(C2)C(=O)N1CCCCN1CCN(c2cc(O)ccc2O)CC1. The molecule has 3 aliphatic rings. The minimum absolute atomic E-state index is 0.0540. The second-order valence-corrected chi connectivity index (χ2v) is 8.24. The highest BCUT2D eigenvalue weighted by atomic mass is 16.3. The summed E-state index contributed by atoms with van der Waals surface area (Å²) in [6, 6.07) is 4.61. The fourth-order valence-electron chi connectivity index (χ4n) is 4.78. The van der Waals surface area contributed by atoms with Crippen LogP contribution in [0.4, 0.5) is 5.69 Å². The topological polar surface area (TPSA) is 84.3 Å². The molecule has 2 N–H and O–H groups in total. The predicted molar refractivity (Wildman–Crippen MR) is 105 cm³/mol. The molecule has 2 unspecified atom stereocenters. The minimum atomic E-state index is 0.0540. The largest absolute Gasteiger partial charge is 0.508 e. The lowest BCUT2D eigenvalue weighted by Gasteiger charge is -2.36. The number of nitrogens with zero attached hydrogens (tertiary/aromatic N) is 3. The highest BCUT2D eigenvalue weighted by Crippen LogP contribution is 2.38. The summed E-state index contributed by atoms with van der Waals surface area (Å²) in [6.07, 6.45) is 4.34. The second-order valence-electron chi connectivity index (χ2n) is 8.24. The van der Waals surface area contributed by atoms with E-state index in [0.717, 1.165) is 64.8 Å². The first-order valence-corrected chi connectivity index (χ1v) is 10.4. The van der Waals surface area contributed by atoms with Crippen LogP contribution in [0.5, 0.6) is 11.5 Å². The van der Waals surface area contributed by atoms with Crippen molar-refractivity contribution in [2.45, 2.75) is 32.1 Å². The molecule has 0 radical (unpaired) electrons. The van der Waals surface area contributed by atoms with Gasteiger partial charge in [0.05, 0.1) is 5.69 Å². The van der Waals surface area contributed by atoms with Crippen LogP contribution in [-0.2, 0) is 9.59 Å². The number of amides is 2. The quantitative estimate of drug-likeness (QED) is 0.440. The summed E-state index contributed by atoms with van der Waals surface area (Å²) in [5, 5.41) is 19.7. The fourth-order valence-corrected chi connectivity index (χ4v) is 4.78. The Kier molecular flexibility index (Phi) is 5.44. The number of carbonyl (C=O) groups is 2. The summed E-state index contributed by atoms with van der Waals surface area (Å²) in [5.74, 6) is 0.632. The number of hydrogen-bond donors (Lipinski definition) is 2. The maximum Gasteiger partial charge on any atom is 0.232 e. The molecule has 2 atom stereocenters. The van der Waals surface area contributed by atoms with Crippen molar-refractivity contribution in [3.05, 3.63) is 18.2 Å². The standard InChI is InChI=1S/C21H29N3O4/c25-17-5-6-19(26)18(14-17)23-11-9-22(10-12-23)7-1-2-8-24-20(27)15-3-4-16(13-15)21(24)28/h5-6,14-16,25-26H,1-4,7-13H2. The Morgan fingerprint density at radius 1 is 0.893 bits per heavy atom. The summed E-state index contributed by atoms with van der Waals surface area (Å²) < 4.78 is 0. The number of unbranched alkanes of at least 4 members (excludes halogenated alkanes) is 1. The average molecular weight is 387 g/mol. The van der Waals surface area contributed by atoms with Crippen molar-refractivity contribution in [3.8, 4) is 11.5 Å². The summed E-state index contributed by atoms with van der Waals surface area (Å²) in [5.41, 5.74) is 0.677. The first kappa shape index (κ1) is 19.1. The Morgan fingerprint density at radius 3 is 2.21 bits per heavy atom. The number of aromatic hydroxyl groups is 2. The third-order valence-corrected chi connectivity index (χ3v) is 6.44. The zero-order valence-corrected chi connectivity index (χ0v) is 16.2. The second kappa shape index (κ2) is 7.99. The number of likely N-dealkylation sites (tertiary alicyclic amines) is 1. The Balaban J connectivity index is 1.19. The van der Waals surface area contributed by atoms with E-state index in [1.165, 1.54) is 17.0 Å². The zero-order valence-electron chi connectivity index (χ0n) is 16.2. The van der Waals surface area contributed by atoms with Gasteiger partial charge in [0, 0.05) is 50.6 Å². The molecule has 3 fully saturated rings. The van der Waals surface area contributed by atoms with Crippen molar-refractivity contribution in [1.29, 1.82) is 0 Å². The number of fused-ring (bicyclic) bond motifs is 2. The van der Waals surface area contributed by atoms with Crippen LogP contribution in [0, 0.1) is 11.8 Å². The number of benzene rings is 1. The first-order chi connectivity index (χ1) is 13.5. The first-order valence-electron chi connectivity index (χ1n) is 10.4. The maximum atomic E-state index is 12.4. The van der Waals surface area contributed by atoms with Gasteiger partial charge >= 0.3 is 0 Å². The van der Waals surface area contributed by atoms with E-state index in [0.29, 0.717) is 12.2 Å². The molecule has 28 heavy (non-hydrogen) atoms. The molecule has 7 heteroatoms. The normalized spacial score (nSPS) is 25.6. The highest BCUT2D eigenvalue weighted by molar-refractivity contribution is 6.00. The van der Waals surface area contributed by atoms with Gasteiger partial charge in [0.2, 0.25) is 11.8 Å². The van der Waals surface area contributed by atoms with E-state index in [1.807, 2.05) is 0 Å². The fraction of sp³-hybridized carbons (Fsp3) is 0.619. The van der Waals surface area contributed by atoms with Crippen LogP contribution < -0.4 is 4.90 Å². The maximum absolute atomic E-state index is 12.4.